The zero-order chi connectivity index (χ0) is 33.3. The van der Waals surface area contributed by atoms with Crippen molar-refractivity contribution in [2.24, 2.45) is 17.4 Å². The fraction of sp³-hybridized carbons (Fsp3) is 0.625. The Morgan fingerprint density at radius 2 is 1.14 bits per heavy atom. The summed E-state index contributed by atoms with van der Waals surface area (Å²) in [6.45, 7) is 1.97. The quantitative estimate of drug-likeness (QED) is 0.0584. The SMILES string of the molecule is CC[C@H](C)[C@H](NC(=O)[C@H](CCC(=O)O)NC(=O)[C@H](CCC(=O)O)NC(=O)[C@H](CC(N)=O)NC(=O)CN)C(=O)NCC(=O)O. The monoisotopic (exact) mass is 617 g/mol. The first-order valence-electron chi connectivity index (χ1n) is 13.1. The Hall–Kier alpha value is -4.81. The molecule has 0 radical (unpaired) electrons. The maximum atomic E-state index is 13.2. The Bertz CT molecular complexity index is 1070. The van der Waals surface area contributed by atoms with Gasteiger partial charge in [0.1, 0.15) is 30.7 Å². The van der Waals surface area contributed by atoms with Gasteiger partial charge in [0.2, 0.25) is 35.4 Å². The first-order chi connectivity index (χ1) is 20.0. The first kappa shape index (κ1) is 38.2. The van der Waals surface area contributed by atoms with Crippen molar-refractivity contribution in [3.63, 3.8) is 0 Å². The van der Waals surface area contributed by atoms with E-state index in [-0.39, 0.29) is 0 Å². The van der Waals surface area contributed by atoms with Gasteiger partial charge in [-0.1, -0.05) is 20.3 Å². The van der Waals surface area contributed by atoms with Gasteiger partial charge in [-0.25, -0.2) is 0 Å². The molecule has 5 atom stereocenters. The van der Waals surface area contributed by atoms with Crippen LogP contribution in [-0.4, -0.2) is 106 Å². The molecule has 0 saturated heterocycles. The summed E-state index contributed by atoms with van der Waals surface area (Å²) in [5.74, 6) is -10.5. The Balaban J connectivity index is 6.08. The van der Waals surface area contributed by atoms with Gasteiger partial charge >= 0.3 is 17.9 Å². The highest BCUT2D eigenvalue weighted by Gasteiger charge is 2.33. The number of primary amides is 1. The molecule has 0 aliphatic carbocycles. The molecular formula is C24H39N7O12. The number of aliphatic carboxylic acids is 3. The Morgan fingerprint density at radius 3 is 1.53 bits per heavy atom. The maximum Gasteiger partial charge on any atom is 0.322 e. The van der Waals surface area contributed by atoms with Gasteiger partial charge in [0.05, 0.1) is 13.0 Å². The molecule has 43 heavy (non-hydrogen) atoms. The molecule has 0 aromatic carbocycles. The van der Waals surface area contributed by atoms with Crippen molar-refractivity contribution in [3.05, 3.63) is 0 Å². The van der Waals surface area contributed by atoms with Crippen LogP contribution in [0.1, 0.15) is 52.4 Å². The van der Waals surface area contributed by atoms with E-state index in [9.17, 15) is 43.2 Å². The van der Waals surface area contributed by atoms with E-state index in [0.29, 0.717) is 6.42 Å². The minimum absolute atomic E-state index is 0.355. The maximum absolute atomic E-state index is 13.2. The summed E-state index contributed by atoms with van der Waals surface area (Å²) in [4.78, 5) is 108. The number of carbonyl (C=O) groups excluding carboxylic acids is 6. The molecule has 0 aromatic heterocycles. The average molecular weight is 618 g/mol. The zero-order valence-electron chi connectivity index (χ0n) is 23.7. The Labute approximate surface area is 245 Å². The summed E-state index contributed by atoms with van der Waals surface area (Å²) in [6, 6.07) is -6.12. The summed E-state index contributed by atoms with van der Waals surface area (Å²) < 4.78 is 0. The van der Waals surface area contributed by atoms with E-state index in [2.05, 4.69) is 26.6 Å². The largest absolute Gasteiger partial charge is 0.481 e. The smallest absolute Gasteiger partial charge is 0.322 e. The van der Waals surface area contributed by atoms with Crippen LogP contribution in [0.25, 0.3) is 0 Å². The van der Waals surface area contributed by atoms with Gasteiger partial charge in [-0.05, 0) is 18.8 Å². The van der Waals surface area contributed by atoms with Gasteiger partial charge in [-0.3, -0.25) is 43.2 Å². The van der Waals surface area contributed by atoms with Crippen LogP contribution in [-0.2, 0) is 43.2 Å². The second-order valence-corrected chi connectivity index (χ2v) is 9.47. The van der Waals surface area contributed by atoms with Crippen molar-refractivity contribution in [1.82, 2.24) is 26.6 Å². The van der Waals surface area contributed by atoms with Crippen molar-refractivity contribution < 1.29 is 58.5 Å². The van der Waals surface area contributed by atoms with E-state index in [0.717, 1.165) is 0 Å². The molecular weight excluding hydrogens is 578 g/mol. The first-order valence-corrected chi connectivity index (χ1v) is 13.1. The molecule has 12 N–H and O–H groups in total. The summed E-state index contributed by atoms with van der Waals surface area (Å²) in [6.07, 6.45) is -2.65. The van der Waals surface area contributed by atoms with Gasteiger partial charge in [0.25, 0.3) is 0 Å². The van der Waals surface area contributed by atoms with Gasteiger partial charge < -0.3 is 53.4 Å². The van der Waals surface area contributed by atoms with Crippen LogP contribution in [0.4, 0.5) is 0 Å². The highest BCUT2D eigenvalue weighted by Crippen LogP contribution is 2.10. The summed E-state index contributed by atoms with van der Waals surface area (Å²) in [5.41, 5.74) is 10.3. The van der Waals surface area contributed by atoms with E-state index in [1.165, 1.54) is 0 Å². The predicted octanol–water partition coefficient (Wildman–Crippen LogP) is -4.26. The van der Waals surface area contributed by atoms with Crippen LogP contribution in [0.15, 0.2) is 0 Å². The molecule has 0 rings (SSSR count). The molecule has 0 spiro atoms. The summed E-state index contributed by atoms with van der Waals surface area (Å²) >= 11 is 0. The van der Waals surface area contributed by atoms with E-state index in [4.69, 9.17) is 26.8 Å². The van der Waals surface area contributed by atoms with Crippen molar-refractivity contribution in [2.75, 3.05) is 13.1 Å². The fourth-order valence-electron chi connectivity index (χ4n) is 3.51. The molecule has 0 unspecified atom stereocenters. The normalized spacial score (nSPS) is 14.0. The number of amides is 6. The molecule has 19 heteroatoms. The molecule has 0 heterocycles. The van der Waals surface area contributed by atoms with E-state index < -0.39 is 129 Å². The van der Waals surface area contributed by atoms with Crippen molar-refractivity contribution >= 4 is 53.4 Å². The Morgan fingerprint density at radius 1 is 0.674 bits per heavy atom. The number of carboxylic acids is 3. The lowest BCUT2D eigenvalue weighted by molar-refractivity contribution is -0.140. The fourth-order valence-corrected chi connectivity index (χ4v) is 3.51. The molecule has 0 aliphatic rings. The minimum atomic E-state index is -1.65. The molecule has 19 nitrogen and oxygen atoms in total. The van der Waals surface area contributed by atoms with Gasteiger partial charge in [-0.15, -0.1) is 0 Å². The summed E-state index contributed by atoms with van der Waals surface area (Å²) in [7, 11) is 0. The molecule has 0 saturated carbocycles. The third-order valence-electron chi connectivity index (χ3n) is 6.01. The predicted molar refractivity (Wildman–Crippen MR) is 144 cm³/mol. The van der Waals surface area contributed by atoms with Crippen LogP contribution in [0.2, 0.25) is 0 Å². The minimum Gasteiger partial charge on any atom is -0.481 e. The van der Waals surface area contributed by atoms with E-state index in [1.807, 2.05) is 0 Å². The van der Waals surface area contributed by atoms with Crippen molar-refractivity contribution in [3.8, 4) is 0 Å². The van der Waals surface area contributed by atoms with Crippen LogP contribution in [0, 0.1) is 5.92 Å². The van der Waals surface area contributed by atoms with Crippen LogP contribution < -0.4 is 38.1 Å². The number of rotatable bonds is 21. The zero-order valence-corrected chi connectivity index (χ0v) is 23.7. The molecule has 0 bridgehead atoms. The van der Waals surface area contributed by atoms with Crippen LogP contribution >= 0.6 is 0 Å². The lowest BCUT2D eigenvalue weighted by Gasteiger charge is -2.27. The Kier molecular flexibility index (Phi) is 17.2. The van der Waals surface area contributed by atoms with Gasteiger partial charge in [0, 0.05) is 12.8 Å². The second-order valence-electron chi connectivity index (χ2n) is 9.47. The number of carbonyl (C=O) groups is 9. The second kappa shape index (κ2) is 19.3. The molecule has 0 fully saturated rings. The molecule has 242 valence electrons. The standard InChI is InChI=1S/C24H39N7O12/c1-3-11(2)20(24(43)27-10-19(38)39)31-22(41)13(5-7-18(36)37)29-21(40)12(4-6-17(34)35)30-23(42)14(8-15(26)32)28-16(33)9-25/h11-14,20H,3-10,25H2,1-2H3,(H2,26,32)(H,27,43)(H,28,33)(H,29,40)(H,30,42)(H,31,41)(H,34,35)(H,36,37)(H,38,39)/t11-,12-,13-,14-,20-/m0/s1. The third kappa shape index (κ3) is 15.7. The van der Waals surface area contributed by atoms with Crippen LogP contribution in [0.3, 0.4) is 0 Å². The molecule has 0 aromatic rings. The highest BCUT2D eigenvalue weighted by atomic mass is 16.4. The number of hydrogen-bond acceptors (Lipinski definition) is 10. The van der Waals surface area contributed by atoms with E-state index in [1.54, 1.807) is 13.8 Å². The number of nitrogens with two attached hydrogens (primary N) is 2. The van der Waals surface area contributed by atoms with Gasteiger partial charge in [-0.2, -0.15) is 0 Å². The number of hydrogen-bond donors (Lipinski definition) is 10. The highest BCUT2D eigenvalue weighted by molar-refractivity contribution is 5.97. The van der Waals surface area contributed by atoms with Gasteiger partial charge in [0.15, 0.2) is 0 Å². The lowest BCUT2D eigenvalue weighted by Crippen LogP contribution is -2.59. The van der Waals surface area contributed by atoms with Crippen molar-refractivity contribution in [1.29, 1.82) is 0 Å². The lowest BCUT2D eigenvalue weighted by atomic mass is 9.97. The number of nitrogens with one attached hydrogen (secondary N) is 5. The molecule has 6 amide bonds. The summed E-state index contributed by atoms with van der Waals surface area (Å²) in [5, 5.41) is 38.1. The third-order valence-corrected chi connectivity index (χ3v) is 6.01. The molecule has 0 aliphatic heterocycles. The topological polar surface area (TPSA) is 327 Å². The average Bonchev–Trinajstić information content (AvgIpc) is 2.92. The van der Waals surface area contributed by atoms with E-state index >= 15 is 0 Å². The number of carboxylic acid groups (broad SMARTS) is 3. The van der Waals surface area contributed by atoms with Crippen LogP contribution in [0.5, 0.6) is 0 Å². The van der Waals surface area contributed by atoms with Crippen molar-refractivity contribution in [2.45, 2.75) is 76.5 Å².